The van der Waals surface area contributed by atoms with Crippen LogP contribution in [0.25, 0.3) is 33.3 Å². The Morgan fingerprint density at radius 3 is 2.43 bits per heavy atom. The number of phenols is 2. The molecule has 1 aliphatic carbocycles. The van der Waals surface area contributed by atoms with Crippen LogP contribution in [-0.4, -0.2) is 67.2 Å². The summed E-state index contributed by atoms with van der Waals surface area (Å²) in [5.41, 5.74) is -1.24. The second-order valence-electron chi connectivity index (χ2n) is 15.0. The standard InChI is InChI=1S/C42H46N2O12/c1-18-12-9-13-20(3)41(52)44-32-36(50)28-27(31-39(32)55-26-16-10-15-25(46)30(26)43-31)29-38(23(6)35(28)49)56-42(8,40(29)51)53-17-11-14-19(2)37(54-24(7)45)22(5)34(48)21(4)33(18)47/h9-13,15-19,21-22,33-34,37,46-49H,14H2,1-8H3,(H,44,52)/b12-9+,17-11+,20-13-/t18-,19+,21+,22+,33-,34+,37+,42-/m0/s1. The number of aliphatic hydroxyl groups is 2. The number of hydrogen-bond acceptors (Lipinski definition) is 13. The molecule has 0 radical (unpaired) electrons. The number of aromatic hydroxyl groups is 2. The van der Waals surface area contributed by atoms with E-state index < -0.39 is 70.7 Å². The second-order valence-corrected chi connectivity index (χ2v) is 15.0. The van der Waals surface area contributed by atoms with E-state index in [2.05, 4.69) is 10.3 Å². The van der Waals surface area contributed by atoms with Gasteiger partial charge >= 0.3 is 11.8 Å². The minimum absolute atomic E-state index is 0.0117. The first kappa shape index (κ1) is 39.9. The molecular weight excluding hydrogens is 724 g/mol. The number of nitrogens with one attached hydrogen (secondary N) is 1. The van der Waals surface area contributed by atoms with Crippen molar-refractivity contribution >= 4 is 45.2 Å². The summed E-state index contributed by atoms with van der Waals surface area (Å²) in [6.07, 6.45) is 5.00. The van der Waals surface area contributed by atoms with Crippen LogP contribution in [0.4, 0.5) is 5.69 Å². The number of ketones is 1. The highest BCUT2D eigenvalue weighted by atomic mass is 16.7. The van der Waals surface area contributed by atoms with Crippen LogP contribution in [0.15, 0.2) is 63.6 Å². The van der Waals surface area contributed by atoms with Crippen LogP contribution in [0.1, 0.15) is 70.8 Å². The molecule has 14 heteroatoms. The lowest BCUT2D eigenvalue weighted by Crippen LogP contribution is -2.44. The van der Waals surface area contributed by atoms with Gasteiger partial charge in [-0.3, -0.25) is 19.2 Å². The van der Waals surface area contributed by atoms with Gasteiger partial charge in [-0.15, -0.1) is 0 Å². The van der Waals surface area contributed by atoms with Crippen molar-refractivity contribution in [2.45, 2.75) is 85.9 Å². The summed E-state index contributed by atoms with van der Waals surface area (Å²) in [7, 11) is 0. The zero-order valence-corrected chi connectivity index (χ0v) is 32.4. The van der Waals surface area contributed by atoms with Crippen LogP contribution in [0.3, 0.4) is 0 Å². The Balaban J connectivity index is 1.56. The third-order valence-electron chi connectivity index (χ3n) is 10.9. The van der Waals surface area contributed by atoms with Gasteiger partial charge in [-0.05, 0) is 44.4 Å². The first-order valence-electron chi connectivity index (χ1n) is 18.4. The average Bonchev–Trinajstić information content (AvgIpc) is 3.42. The minimum Gasteiger partial charge on any atom is -0.507 e. The predicted octanol–water partition coefficient (Wildman–Crippen LogP) is 6.03. The number of carbonyl (C=O) groups is 3. The predicted molar refractivity (Wildman–Crippen MR) is 206 cm³/mol. The maximum atomic E-state index is 14.4. The van der Waals surface area contributed by atoms with Gasteiger partial charge in [0.2, 0.25) is 5.43 Å². The zero-order chi connectivity index (χ0) is 41.0. The van der Waals surface area contributed by atoms with Gasteiger partial charge < -0.3 is 44.4 Å². The Hall–Kier alpha value is -5.73. The monoisotopic (exact) mass is 770 g/mol. The number of para-hydroxylation sites is 1. The van der Waals surface area contributed by atoms with Crippen LogP contribution in [0.2, 0.25) is 0 Å². The number of aliphatic hydroxyl groups excluding tert-OH is 2. The molecule has 2 aromatic rings. The quantitative estimate of drug-likeness (QED) is 0.0851. The number of Topliss-reactive ketones (excluding diaryl/α,β-unsaturated/α-hetero) is 1. The van der Waals surface area contributed by atoms with E-state index in [1.165, 1.54) is 58.2 Å². The van der Waals surface area contributed by atoms with Crippen molar-refractivity contribution in [2.24, 2.45) is 23.7 Å². The number of allylic oxidation sites excluding steroid dienone is 3. The van der Waals surface area contributed by atoms with E-state index in [1.807, 2.05) is 6.92 Å². The van der Waals surface area contributed by atoms with E-state index in [0.717, 1.165) is 0 Å². The van der Waals surface area contributed by atoms with Gasteiger partial charge in [-0.2, -0.15) is 0 Å². The molecule has 4 heterocycles. The van der Waals surface area contributed by atoms with Crippen molar-refractivity contribution < 1.29 is 53.4 Å². The number of anilines is 1. The lowest BCUT2D eigenvalue weighted by atomic mass is 9.79. The summed E-state index contributed by atoms with van der Waals surface area (Å²) in [6, 6.07) is 4.39. The highest BCUT2D eigenvalue weighted by Crippen LogP contribution is 2.50. The summed E-state index contributed by atoms with van der Waals surface area (Å²) < 4.78 is 23.9. The Labute approximate surface area is 322 Å². The smallest absolute Gasteiger partial charge is 0.312 e. The maximum Gasteiger partial charge on any atom is 0.312 e. The van der Waals surface area contributed by atoms with Crippen LogP contribution in [0, 0.1) is 30.6 Å². The molecule has 1 amide bonds. The highest BCUT2D eigenvalue weighted by molar-refractivity contribution is 6.22. The third-order valence-corrected chi connectivity index (χ3v) is 10.9. The number of ether oxygens (including phenoxy) is 3. The number of amides is 1. The third kappa shape index (κ3) is 6.87. The SMILES string of the molecule is CC(=O)O[C@H]1[C@H](C)[C@H](O)[C@H](C)[C@@H](O)[C@@H](C)/C=C/C=C(/C)C(=O)Nc2c3oc4cccc(O)c4nc-3c3c4c(c(C)c(O)c3c2=O)O[C@](C)(O/C=C/C[C@H]1C)C4=O. The number of hydrogen-bond donors (Lipinski definition) is 5. The number of phenolic OH excluding ortho intramolecular Hbond substituents is 2. The Morgan fingerprint density at radius 2 is 1.73 bits per heavy atom. The van der Waals surface area contributed by atoms with Crippen LogP contribution in [-0.2, 0) is 19.1 Å². The minimum atomic E-state index is -1.99. The molecule has 5 bridgehead atoms. The molecule has 296 valence electrons. The van der Waals surface area contributed by atoms with Gasteiger partial charge in [0.25, 0.3) is 11.7 Å². The summed E-state index contributed by atoms with van der Waals surface area (Å²) in [6.45, 7) is 12.6. The van der Waals surface area contributed by atoms with Crippen LogP contribution < -0.4 is 15.5 Å². The van der Waals surface area contributed by atoms with Gasteiger partial charge in [0.05, 0.1) is 29.4 Å². The van der Waals surface area contributed by atoms with Gasteiger partial charge in [0.1, 0.15) is 40.3 Å². The first-order chi connectivity index (χ1) is 26.4. The Kier molecular flexibility index (Phi) is 10.8. The number of benzene rings is 3. The molecule has 4 aliphatic heterocycles. The lowest BCUT2D eigenvalue weighted by Gasteiger charge is -2.36. The summed E-state index contributed by atoms with van der Waals surface area (Å²) in [5, 5.41) is 47.1. The lowest BCUT2D eigenvalue weighted by molar-refractivity contribution is -0.157. The number of aromatic nitrogens is 1. The van der Waals surface area contributed by atoms with E-state index in [9.17, 15) is 39.6 Å². The summed E-state index contributed by atoms with van der Waals surface area (Å²) in [5.74, 6) is -7.16. The molecule has 56 heavy (non-hydrogen) atoms. The van der Waals surface area contributed by atoms with Crippen LogP contribution in [0.5, 0.6) is 17.2 Å². The van der Waals surface area contributed by atoms with E-state index in [-0.39, 0.29) is 79.6 Å². The topological polar surface area (TPSA) is 215 Å². The van der Waals surface area contributed by atoms with E-state index in [4.69, 9.17) is 18.6 Å². The molecule has 5 aliphatic rings. The molecule has 0 aromatic heterocycles. The van der Waals surface area contributed by atoms with Gasteiger partial charge in [-0.1, -0.05) is 52.0 Å². The molecule has 8 atom stereocenters. The van der Waals surface area contributed by atoms with Crippen molar-refractivity contribution in [1.29, 1.82) is 0 Å². The second kappa shape index (κ2) is 15.1. The van der Waals surface area contributed by atoms with Gasteiger partial charge in [0.15, 0.2) is 11.3 Å². The van der Waals surface area contributed by atoms with Crippen molar-refractivity contribution in [2.75, 3.05) is 5.32 Å². The molecule has 0 fully saturated rings. The Bertz CT molecular complexity index is 2380. The van der Waals surface area contributed by atoms with E-state index >= 15 is 0 Å². The molecule has 0 unspecified atom stereocenters. The molecule has 0 saturated carbocycles. The summed E-state index contributed by atoms with van der Waals surface area (Å²) in [4.78, 5) is 59.3. The zero-order valence-electron chi connectivity index (χ0n) is 32.4. The van der Waals surface area contributed by atoms with E-state index in [0.29, 0.717) is 0 Å². The molecular formula is C42H46N2O12. The van der Waals surface area contributed by atoms with Gasteiger partial charge in [0, 0.05) is 48.1 Å². The normalized spacial score (nSPS) is 29.8. The highest BCUT2D eigenvalue weighted by Gasteiger charge is 2.50. The van der Waals surface area contributed by atoms with E-state index in [1.54, 1.807) is 39.0 Å². The van der Waals surface area contributed by atoms with Crippen molar-refractivity contribution in [1.82, 2.24) is 4.98 Å². The molecule has 0 spiro atoms. The fourth-order valence-electron chi connectivity index (χ4n) is 7.54. The van der Waals surface area contributed by atoms with Crippen molar-refractivity contribution in [3.8, 4) is 28.7 Å². The fourth-order valence-corrected chi connectivity index (χ4v) is 7.54. The number of fused-ring (bicyclic) bond motifs is 14. The number of rotatable bonds is 1. The van der Waals surface area contributed by atoms with Crippen molar-refractivity contribution in [3.05, 3.63) is 75.7 Å². The molecule has 5 N–H and O–H groups in total. The average molecular weight is 771 g/mol. The first-order valence-corrected chi connectivity index (χ1v) is 18.4. The summed E-state index contributed by atoms with van der Waals surface area (Å²) >= 11 is 0. The molecule has 7 rings (SSSR count). The number of carbonyl (C=O) groups excluding carboxylic acids is 3. The maximum absolute atomic E-state index is 14.4. The largest absolute Gasteiger partial charge is 0.507 e. The van der Waals surface area contributed by atoms with Crippen LogP contribution >= 0.6 is 0 Å². The molecule has 14 nitrogen and oxygen atoms in total. The van der Waals surface area contributed by atoms with Gasteiger partial charge in [-0.25, -0.2) is 4.98 Å². The molecule has 0 saturated heterocycles. The fraction of sp³-hybridized carbons (Fsp3) is 0.405. The Morgan fingerprint density at radius 1 is 1.02 bits per heavy atom. The van der Waals surface area contributed by atoms with Crippen molar-refractivity contribution in [3.63, 3.8) is 0 Å². The number of nitrogens with zero attached hydrogens (tertiary/aromatic N) is 1. The molecule has 2 aromatic carbocycles. The number of esters is 1.